The molecule has 6 heteroatoms. The van der Waals surface area contributed by atoms with Crippen LogP contribution in [-0.2, 0) is 19.6 Å². The third-order valence-electron chi connectivity index (χ3n) is 4.60. The van der Waals surface area contributed by atoms with E-state index in [0.29, 0.717) is 54.8 Å². The summed E-state index contributed by atoms with van der Waals surface area (Å²) in [5.41, 5.74) is 2.66. The third-order valence-corrected chi connectivity index (χ3v) is 5.70. The van der Waals surface area contributed by atoms with E-state index in [-0.39, 0.29) is 5.82 Å². The molecule has 0 aromatic heterocycles. The molecule has 0 aliphatic heterocycles. The Morgan fingerprint density at radius 3 is 2.37 bits per heavy atom. The van der Waals surface area contributed by atoms with Gasteiger partial charge < -0.3 is 14.8 Å². The SMILES string of the molecule is CCOc1cc(CNCCc2ccccc2F)c(Br)cc1OCc1ccccc1Cl. The molecule has 0 bridgehead atoms. The van der Waals surface area contributed by atoms with Crippen LogP contribution in [0.25, 0.3) is 0 Å². The quantitative estimate of drug-likeness (QED) is 0.325. The first-order chi connectivity index (χ1) is 14.6. The molecule has 3 rings (SSSR count). The highest BCUT2D eigenvalue weighted by Gasteiger charge is 2.12. The van der Waals surface area contributed by atoms with Gasteiger partial charge in [-0.05, 0) is 55.3 Å². The smallest absolute Gasteiger partial charge is 0.162 e. The van der Waals surface area contributed by atoms with Gasteiger partial charge >= 0.3 is 0 Å². The van der Waals surface area contributed by atoms with Gasteiger partial charge in [-0.15, -0.1) is 0 Å². The molecule has 0 saturated heterocycles. The minimum atomic E-state index is -0.167. The lowest BCUT2D eigenvalue weighted by atomic mass is 10.1. The Morgan fingerprint density at radius 1 is 0.933 bits per heavy atom. The van der Waals surface area contributed by atoms with Crippen molar-refractivity contribution in [3.05, 3.63) is 92.7 Å². The van der Waals surface area contributed by atoms with Crippen LogP contribution in [0.1, 0.15) is 23.6 Å². The molecule has 0 atom stereocenters. The van der Waals surface area contributed by atoms with Crippen LogP contribution in [-0.4, -0.2) is 13.2 Å². The maximum atomic E-state index is 13.7. The molecule has 0 fully saturated rings. The zero-order chi connectivity index (χ0) is 21.3. The first kappa shape index (κ1) is 22.6. The highest BCUT2D eigenvalue weighted by molar-refractivity contribution is 9.10. The molecular formula is C24H24BrClFNO2. The van der Waals surface area contributed by atoms with E-state index in [2.05, 4.69) is 21.2 Å². The first-order valence-electron chi connectivity index (χ1n) is 9.84. The molecule has 3 nitrogen and oxygen atoms in total. The van der Waals surface area contributed by atoms with E-state index in [1.54, 1.807) is 6.07 Å². The molecule has 3 aromatic rings. The lowest BCUT2D eigenvalue weighted by Gasteiger charge is -2.16. The van der Waals surface area contributed by atoms with Gasteiger partial charge in [-0.25, -0.2) is 4.39 Å². The number of rotatable bonds is 10. The fraction of sp³-hybridized carbons (Fsp3) is 0.250. The predicted octanol–water partition coefficient (Wildman–Crippen LogP) is 6.55. The van der Waals surface area contributed by atoms with E-state index in [1.165, 1.54) is 6.07 Å². The molecular weight excluding hydrogens is 469 g/mol. The Labute approximate surface area is 190 Å². The minimum absolute atomic E-state index is 0.167. The van der Waals surface area contributed by atoms with Crippen LogP contribution in [0, 0.1) is 5.82 Å². The maximum Gasteiger partial charge on any atom is 0.162 e. The largest absolute Gasteiger partial charge is 0.490 e. The summed E-state index contributed by atoms with van der Waals surface area (Å²) in [6.07, 6.45) is 0.627. The van der Waals surface area contributed by atoms with Gasteiger partial charge in [0.2, 0.25) is 0 Å². The maximum absolute atomic E-state index is 13.7. The van der Waals surface area contributed by atoms with E-state index < -0.39 is 0 Å². The molecule has 0 aliphatic rings. The van der Waals surface area contributed by atoms with Crippen LogP contribution in [0.3, 0.4) is 0 Å². The highest BCUT2D eigenvalue weighted by Crippen LogP contribution is 2.34. The summed E-state index contributed by atoms with van der Waals surface area (Å²) in [5, 5.41) is 4.03. The molecule has 30 heavy (non-hydrogen) atoms. The van der Waals surface area contributed by atoms with Crippen molar-refractivity contribution in [2.24, 2.45) is 0 Å². The van der Waals surface area contributed by atoms with Gasteiger partial charge in [-0.3, -0.25) is 0 Å². The molecule has 0 radical (unpaired) electrons. The summed E-state index contributed by atoms with van der Waals surface area (Å²) in [4.78, 5) is 0. The van der Waals surface area contributed by atoms with Crippen molar-refractivity contribution >= 4 is 27.5 Å². The summed E-state index contributed by atoms with van der Waals surface area (Å²) in [6, 6.07) is 18.3. The fourth-order valence-corrected chi connectivity index (χ4v) is 3.66. The number of halogens is 3. The number of ether oxygens (including phenoxy) is 2. The van der Waals surface area contributed by atoms with Gasteiger partial charge in [-0.1, -0.05) is 63.9 Å². The van der Waals surface area contributed by atoms with Crippen LogP contribution in [0.2, 0.25) is 5.02 Å². The summed E-state index contributed by atoms with van der Waals surface area (Å²) in [5.74, 6) is 1.16. The number of nitrogens with one attached hydrogen (secondary N) is 1. The normalized spacial score (nSPS) is 10.8. The fourth-order valence-electron chi connectivity index (χ4n) is 3.01. The van der Waals surface area contributed by atoms with E-state index in [1.807, 2.05) is 55.5 Å². The van der Waals surface area contributed by atoms with Crippen LogP contribution >= 0.6 is 27.5 Å². The topological polar surface area (TPSA) is 30.5 Å². The molecule has 0 heterocycles. The standard InChI is InChI=1S/C24H24BrClFNO2/c1-2-29-23-13-19(15-28-12-11-17-7-4-6-10-22(17)27)20(25)14-24(23)30-16-18-8-3-5-9-21(18)26/h3-10,13-14,28H,2,11-12,15-16H2,1H3. The number of hydrogen-bond donors (Lipinski definition) is 1. The Morgan fingerprint density at radius 2 is 1.63 bits per heavy atom. The molecule has 158 valence electrons. The van der Waals surface area contributed by atoms with Gasteiger partial charge in [0, 0.05) is 21.6 Å². The molecule has 3 aromatic carbocycles. The second-order valence-corrected chi connectivity index (χ2v) is 7.98. The zero-order valence-electron chi connectivity index (χ0n) is 16.8. The first-order valence-corrected chi connectivity index (χ1v) is 11.0. The lowest BCUT2D eigenvalue weighted by molar-refractivity contribution is 0.269. The second-order valence-electron chi connectivity index (χ2n) is 6.72. The van der Waals surface area contributed by atoms with Crippen molar-refractivity contribution in [2.45, 2.75) is 26.5 Å². The predicted molar refractivity (Wildman–Crippen MR) is 123 cm³/mol. The lowest BCUT2D eigenvalue weighted by Crippen LogP contribution is -2.17. The Bertz CT molecular complexity index is 983. The molecule has 0 aliphatic carbocycles. The molecule has 0 spiro atoms. The van der Waals surface area contributed by atoms with E-state index >= 15 is 0 Å². The summed E-state index contributed by atoms with van der Waals surface area (Å²) < 4.78 is 26.4. The monoisotopic (exact) mass is 491 g/mol. The van der Waals surface area contributed by atoms with E-state index in [0.717, 1.165) is 15.6 Å². The molecule has 1 N–H and O–H groups in total. The van der Waals surface area contributed by atoms with Gasteiger partial charge in [0.1, 0.15) is 12.4 Å². The van der Waals surface area contributed by atoms with Crippen LogP contribution in [0.5, 0.6) is 11.5 Å². The molecule has 0 unspecified atom stereocenters. The zero-order valence-corrected chi connectivity index (χ0v) is 19.1. The van der Waals surface area contributed by atoms with Crippen molar-refractivity contribution < 1.29 is 13.9 Å². The summed E-state index contributed by atoms with van der Waals surface area (Å²) in [6.45, 7) is 4.12. The van der Waals surface area contributed by atoms with Crippen LogP contribution in [0.15, 0.2) is 65.1 Å². The number of benzene rings is 3. The van der Waals surface area contributed by atoms with Crippen molar-refractivity contribution in [3.8, 4) is 11.5 Å². The Kier molecular flexibility index (Phi) is 8.55. The van der Waals surface area contributed by atoms with Gasteiger partial charge in [0.05, 0.1) is 6.61 Å². The highest BCUT2D eigenvalue weighted by atomic mass is 79.9. The van der Waals surface area contributed by atoms with Gasteiger partial charge in [0.15, 0.2) is 11.5 Å². The summed E-state index contributed by atoms with van der Waals surface area (Å²) in [7, 11) is 0. The average Bonchev–Trinajstić information content (AvgIpc) is 2.74. The van der Waals surface area contributed by atoms with Gasteiger partial charge in [-0.2, -0.15) is 0 Å². The second kappa shape index (κ2) is 11.3. The summed E-state index contributed by atoms with van der Waals surface area (Å²) >= 11 is 9.84. The van der Waals surface area contributed by atoms with Crippen molar-refractivity contribution in [2.75, 3.05) is 13.2 Å². The van der Waals surface area contributed by atoms with E-state index in [4.69, 9.17) is 21.1 Å². The third kappa shape index (κ3) is 6.21. The minimum Gasteiger partial charge on any atom is -0.490 e. The number of hydrogen-bond acceptors (Lipinski definition) is 3. The van der Waals surface area contributed by atoms with Crippen molar-refractivity contribution in [1.29, 1.82) is 0 Å². The van der Waals surface area contributed by atoms with Crippen molar-refractivity contribution in [1.82, 2.24) is 5.32 Å². The van der Waals surface area contributed by atoms with Crippen LogP contribution in [0.4, 0.5) is 4.39 Å². The van der Waals surface area contributed by atoms with Gasteiger partial charge in [0.25, 0.3) is 0 Å². The van der Waals surface area contributed by atoms with Crippen molar-refractivity contribution in [3.63, 3.8) is 0 Å². The van der Waals surface area contributed by atoms with E-state index in [9.17, 15) is 4.39 Å². The molecule has 0 amide bonds. The Hall–Kier alpha value is -2.08. The van der Waals surface area contributed by atoms with Crippen LogP contribution < -0.4 is 14.8 Å². The average molecular weight is 493 g/mol. The Balaban J connectivity index is 1.63. The molecule has 0 saturated carbocycles.